The second-order valence-electron chi connectivity index (χ2n) is 5.15. The van der Waals surface area contributed by atoms with E-state index in [1.165, 1.54) is 0 Å². The Hall–Kier alpha value is -1.37. The van der Waals surface area contributed by atoms with E-state index in [-0.39, 0.29) is 0 Å². The Kier molecular flexibility index (Phi) is 6.62. The van der Waals surface area contributed by atoms with Crippen LogP contribution in [0.2, 0.25) is 0 Å². The molecule has 0 aromatic heterocycles. The number of ether oxygens (including phenoxy) is 1. The molecule has 1 unspecified atom stereocenters. The van der Waals surface area contributed by atoms with Gasteiger partial charge in [-0.1, -0.05) is 58.4 Å². The van der Waals surface area contributed by atoms with E-state index >= 15 is 0 Å². The number of benzene rings is 2. The fourth-order valence-electron chi connectivity index (χ4n) is 2.19. The van der Waals surface area contributed by atoms with Crippen LogP contribution in [0.5, 0.6) is 0 Å². The molecule has 6 heteroatoms. The highest BCUT2D eigenvalue weighted by atomic mass is 79.9. The summed E-state index contributed by atoms with van der Waals surface area (Å²) >= 11 is 3.38. The first-order valence-electron chi connectivity index (χ1n) is 7.15. The maximum Gasteiger partial charge on any atom is 0.522 e. The third-order valence-electron chi connectivity index (χ3n) is 3.26. The summed E-state index contributed by atoms with van der Waals surface area (Å²) in [7, 11) is 0. The molecule has 0 saturated heterocycles. The van der Waals surface area contributed by atoms with Crippen molar-refractivity contribution in [2.75, 3.05) is 6.61 Å². The van der Waals surface area contributed by atoms with Gasteiger partial charge in [0.2, 0.25) is 0 Å². The van der Waals surface area contributed by atoms with Crippen LogP contribution in [0.4, 0.5) is 13.2 Å². The lowest BCUT2D eigenvalue weighted by Gasteiger charge is -2.20. The number of nitrogens with one attached hydrogen (secondary N) is 1. The molecule has 1 atom stereocenters. The van der Waals surface area contributed by atoms with Gasteiger partial charge in [0.25, 0.3) is 0 Å². The van der Waals surface area contributed by atoms with Crippen molar-refractivity contribution in [3.8, 4) is 0 Å². The minimum Gasteiger partial charge on any atom is -0.307 e. The zero-order valence-corrected chi connectivity index (χ0v) is 13.9. The van der Waals surface area contributed by atoms with E-state index < -0.39 is 19.0 Å². The number of hydrogen-bond donors (Lipinski definition) is 1. The smallest absolute Gasteiger partial charge is 0.307 e. The van der Waals surface area contributed by atoms with Gasteiger partial charge in [-0.05, 0) is 29.7 Å². The Labute approximate surface area is 141 Å². The van der Waals surface area contributed by atoms with Gasteiger partial charge in [0.1, 0.15) is 0 Å². The summed E-state index contributed by atoms with van der Waals surface area (Å²) in [6, 6.07) is 16.6. The van der Waals surface area contributed by atoms with Gasteiger partial charge >= 0.3 is 6.36 Å². The van der Waals surface area contributed by atoms with E-state index in [0.717, 1.165) is 15.6 Å². The molecule has 2 aromatic carbocycles. The Morgan fingerprint density at radius 2 is 1.70 bits per heavy atom. The topological polar surface area (TPSA) is 21.3 Å². The van der Waals surface area contributed by atoms with E-state index in [1.54, 1.807) is 0 Å². The quantitative estimate of drug-likeness (QED) is 0.744. The summed E-state index contributed by atoms with van der Waals surface area (Å²) in [4.78, 5) is 0. The van der Waals surface area contributed by atoms with Crippen LogP contribution in [0.15, 0.2) is 59.1 Å². The van der Waals surface area contributed by atoms with Crippen molar-refractivity contribution >= 4 is 15.9 Å². The molecule has 0 bridgehead atoms. The van der Waals surface area contributed by atoms with Crippen molar-refractivity contribution in [3.05, 3.63) is 70.2 Å². The molecule has 23 heavy (non-hydrogen) atoms. The van der Waals surface area contributed by atoms with E-state index in [1.807, 2.05) is 54.6 Å². The van der Waals surface area contributed by atoms with Crippen molar-refractivity contribution in [3.63, 3.8) is 0 Å². The summed E-state index contributed by atoms with van der Waals surface area (Å²) in [6.45, 7) is 0.0462. The summed E-state index contributed by atoms with van der Waals surface area (Å²) in [5, 5.41) is 3.14. The van der Waals surface area contributed by atoms with Gasteiger partial charge in [-0.15, -0.1) is 13.2 Å². The van der Waals surface area contributed by atoms with E-state index in [4.69, 9.17) is 0 Å². The van der Waals surface area contributed by atoms with Crippen molar-refractivity contribution in [1.29, 1.82) is 0 Å². The number of hydrogen-bond acceptors (Lipinski definition) is 2. The molecule has 0 fully saturated rings. The van der Waals surface area contributed by atoms with Gasteiger partial charge in [0.15, 0.2) is 0 Å². The zero-order valence-electron chi connectivity index (χ0n) is 12.3. The van der Waals surface area contributed by atoms with Gasteiger partial charge < -0.3 is 5.32 Å². The van der Waals surface area contributed by atoms with Crippen molar-refractivity contribution in [1.82, 2.24) is 5.32 Å². The lowest BCUT2D eigenvalue weighted by molar-refractivity contribution is -0.326. The Morgan fingerprint density at radius 3 is 2.35 bits per heavy atom. The Balaban J connectivity index is 1.97. The van der Waals surface area contributed by atoms with Crippen LogP contribution in [0.1, 0.15) is 11.1 Å². The first-order valence-corrected chi connectivity index (χ1v) is 7.94. The molecule has 0 aliphatic carbocycles. The highest BCUT2D eigenvalue weighted by Gasteiger charge is 2.30. The molecule has 0 amide bonds. The molecule has 2 aromatic rings. The summed E-state index contributed by atoms with van der Waals surface area (Å²) in [6.07, 6.45) is -4.16. The normalized spacial score (nSPS) is 13.0. The van der Waals surface area contributed by atoms with Crippen molar-refractivity contribution < 1.29 is 17.9 Å². The fraction of sp³-hybridized carbons (Fsp3) is 0.294. The summed E-state index contributed by atoms with van der Waals surface area (Å²) in [5.74, 6) is 0. The van der Waals surface area contributed by atoms with Crippen molar-refractivity contribution in [2.45, 2.75) is 25.4 Å². The first-order chi connectivity index (χ1) is 10.9. The molecule has 0 aliphatic heterocycles. The second kappa shape index (κ2) is 8.47. The van der Waals surface area contributed by atoms with Gasteiger partial charge in [-0.3, -0.25) is 4.74 Å². The van der Waals surface area contributed by atoms with Crippen LogP contribution < -0.4 is 5.32 Å². The average molecular weight is 388 g/mol. The lowest BCUT2D eigenvalue weighted by Crippen LogP contribution is -2.37. The standard InChI is InChI=1S/C17H17BrF3NO/c18-15-8-4-7-14(9-15)11-22-16(12-23-17(19,20)21)10-13-5-2-1-3-6-13/h1-9,16,22H,10-12H2. The minimum absolute atomic E-state index is 0.424. The average Bonchev–Trinajstić information content (AvgIpc) is 2.50. The van der Waals surface area contributed by atoms with Crippen LogP contribution in [0.25, 0.3) is 0 Å². The summed E-state index contributed by atoms with van der Waals surface area (Å²) < 4.78 is 41.9. The maximum absolute atomic E-state index is 12.3. The van der Waals surface area contributed by atoms with Crippen LogP contribution in [-0.2, 0) is 17.7 Å². The fourth-order valence-corrected chi connectivity index (χ4v) is 2.64. The molecule has 2 nitrogen and oxygen atoms in total. The number of alkyl halides is 3. The highest BCUT2D eigenvalue weighted by Crippen LogP contribution is 2.17. The van der Waals surface area contributed by atoms with Crippen LogP contribution in [0, 0.1) is 0 Å². The molecule has 0 heterocycles. The first kappa shape index (κ1) is 18.0. The molecule has 1 N–H and O–H groups in total. The minimum atomic E-state index is -4.62. The van der Waals surface area contributed by atoms with Crippen molar-refractivity contribution in [2.24, 2.45) is 0 Å². The van der Waals surface area contributed by atoms with E-state index in [0.29, 0.717) is 13.0 Å². The van der Waals surface area contributed by atoms with Crippen LogP contribution >= 0.6 is 15.9 Å². The molecule has 124 valence electrons. The van der Waals surface area contributed by atoms with Gasteiger partial charge in [0.05, 0.1) is 6.61 Å². The van der Waals surface area contributed by atoms with Gasteiger partial charge in [-0.25, -0.2) is 0 Å². The monoisotopic (exact) mass is 387 g/mol. The third kappa shape index (κ3) is 7.16. The Bertz CT molecular complexity index is 604. The molecule has 0 radical (unpaired) electrons. The molecule has 2 rings (SSSR count). The van der Waals surface area contributed by atoms with E-state index in [2.05, 4.69) is 26.0 Å². The zero-order chi connectivity index (χ0) is 16.7. The molecule has 0 aliphatic rings. The predicted molar refractivity (Wildman–Crippen MR) is 86.9 cm³/mol. The highest BCUT2D eigenvalue weighted by molar-refractivity contribution is 9.10. The molecular formula is C17H17BrF3NO. The second-order valence-corrected chi connectivity index (χ2v) is 6.07. The van der Waals surface area contributed by atoms with Gasteiger partial charge in [0, 0.05) is 17.1 Å². The maximum atomic E-state index is 12.3. The number of halogens is 4. The largest absolute Gasteiger partial charge is 0.522 e. The lowest BCUT2D eigenvalue weighted by atomic mass is 10.1. The molecule has 0 saturated carbocycles. The van der Waals surface area contributed by atoms with Crippen LogP contribution in [-0.4, -0.2) is 19.0 Å². The van der Waals surface area contributed by atoms with E-state index in [9.17, 15) is 13.2 Å². The molecule has 0 spiro atoms. The van der Waals surface area contributed by atoms with Crippen LogP contribution in [0.3, 0.4) is 0 Å². The number of rotatable bonds is 7. The predicted octanol–water partition coefficient (Wildman–Crippen LogP) is 4.69. The molecular weight excluding hydrogens is 371 g/mol. The SMILES string of the molecule is FC(F)(F)OCC(Cc1ccccc1)NCc1cccc(Br)c1. The summed E-state index contributed by atoms with van der Waals surface area (Å²) in [5.41, 5.74) is 1.95. The van der Waals surface area contributed by atoms with Gasteiger partial charge in [-0.2, -0.15) is 0 Å². The Morgan fingerprint density at radius 1 is 1.00 bits per heavy atom. The third-order valence-corrected chi connectivity index (χ3v) is 3.75.